The van der Waals surface area contributed by atoms with E-state index in [1.807, 2.05) is 65.0 Å². The summed E-state index contributed by atoms with van der Waals surface area (Å²) < 4.78 is 6.67. The van der Waals surface area contributed by atoms with Gasteiger partial charge in [0.1, 0.15) is 11.6 Å². The maximum Gasteiger partial charge on any atom is 0.249 e. The van der Waals surface area contributed by atoms with Gasteiger partial charge in [-0.2, -0.15) is 0 Å². The van der Waals surface area contributed by atoms with Crippen molar-refractivity contribution in [2.45, 2.75) is 83.2 Å². The van der Waals surface area contributed by atoms with E-state index in [2.05, 4.69) is 13.2 Å². The highest BCUT2D eigenvalue weighted by molar-refractivity contribution is 6.03. The molecule has 1 aromatic rings. The van der Waals surface area contributed by atoms with E-state index >= 15 is 0 Å². The molecule has 3 fully saturated rings. The Labute approximate surface area is 238 Å². The van der Waals surface area contributed by atoms with Crippen LogP contribution in [-0.2, 0) is 19.1 Å². The number of hydrogen-bond acceptors (Lipinski definition) is 5. The third-order valence-electron chi connectivity index (χ3n) is 9.14. The van der Waals surface area contributed by atoms with Crippen LogP contribution in [0.25, 0.3) is 0 Å². The molecule has 2 bridgehead atoms. The predicted molar refractivity (Wildman–Crippen MR) is 155 cm³/mol. The Hall–Kier alpha value is -2.97. The van der Waals surface area contributed by atoms with Gasteiger partial charge in [-0.05, 0) is 51.7 Å². The Morgan fingerprint density at radius 2 is 1.82 bits per heavy atom. The van der Waals surface area contributed by atoms with Crippen molar-refractivity contribution in [3.8, 4) is 0 Å². The number of likely N-dealkylation sites (tertiary alicyclic amines) is 1. The van der Waals surface area contributed by atoms with Gasteiger partial charge in [0.15, 0.2) is 0 Å². The highest BCUT2D eigenvalue weighted by Crippen LogP contribution is 2.59. The highest BCUT2D eigenvalue weighted by Gasteiger charge is 2.75. The van der Waals surface area contributed by atoms with Gasteiger partial charge in [-0.1, -0.05) is 50.6 Å². The number of rotatable bonds is 11. The summed E-state index contributed by atoms with van der Waals surface area (Å²) >= 11 is 0. The molecule has 218 valence electrons. The highest BCUT2D eigenvalue weighted by atomic mass is 16.5. The number of carbonyl (C=O) groups excluding carboxylic acids is 3. The Morgan fingerprint density at radius 1 is 1.18 bits per heavy atom. The number of nitrogens with zero attached hydrogens (tertiary/aromatic N) is 3. The fraction of sp³-hybridized carbons (Fsp3) is 0.594. The fourth-order valence-corrected chi connectivity index (χ4v) is 7.03. The van der Waals surface area contributed by atoms with Gasteiger partial charge in [0, 0.05) is 24.3 Å². The molecule has 40 heavy (non-hydrogen) atoms. The first-order valence-corrected chi connectivity index (χ1v) is 14.5. The SMILES string of the molecule is C=CCN(C(=O)[C@@H]1[C@@H]2CCC3(O2)C(C(=O)N(CC=C)C(C)(C)C)N([C@@H](CO)[C@@H](C)CC)C(=O)[C@H]13)c1ccccc1. The quantitative estimate of drug-likeness (QED) is 0.423. The Bertz CT molecular complexity index is 1130. The van der Waals surface area contributed by atoms with Crippen molar-refractivity contribution in [1.29, 1.82) is 0 Å². The van der Waals surface area contributed by atoms with Gasteiger partial charge in [-0.3, -0.25) is 14.4 Å². The van der Waals surface area contributed by atoms with E-state index in [1.54, 1.807) is 26.9 Å². The third kappa shape index (κ3) is 4.79. The van der Waals surface area contributed by atoms with E-state index in [0.717, 1.165) is 12.1 Å². The minimum Gasteiger partial charge on any atom is -0.394 e. The van der Waals surface area contributed by atoms with Gasteiger partial charge < -0.3 is 24.5 Å². The average molecular weight is 552 g/mol. The van der Waals surface area contributed by atoms with Gasteiger partial charge in [-0.25, -0.2) is 0 Å². The standard InChI is InChI=1S/C32H45N3O5/c1-8-18-33(22-14-12-11-13-15-22)28(37)25-24-16-17-32(40-24)26(25)29(38)35(23(20-36)21(4)10-3)27(32)30(39)34(19-9-2)31(5,6)7/h8-9,11-15,21,23-27,36H,1-2,10,16-20H2,3-7H3/t21-,23-,24-,25+,26-,27?,32?/m0/s1. The van der Waals surface area contributed by atoms with E-state index in [0.29, 0.717) is 19.4 Å². The molecule has 3 aliphatic heterocycles. The van der Waals surface area contributed by atoms with Crippen molar-refractivity contribution < 1.29 is 24.2 Å². The lowest BCUT2D eigenvalue weighted by Gasteiger charge is -2.44. The topological polar surface area (TPSA) is 90.4 Å². The van der Waals surface area contributed by atoms with Crippen LogP contribution in [0.5, 0.6) is 0 Å². The van der Waals surface area contributed by atoms with E-state index in [1.165, 1.54) is 0 Å². The largest absolute Gasteiger partial charge is 0.394 e. The van der Waals surface area contributed by atoms with Crippen molar-refractivity contribution in [2.75, 3.05) is 24.6 Å². The van der Waals surface area contributed by atoms with E-state index < -0.39 is 41.2 Å². The molecule has 1 spiro atoms. The van der Waals surface area contributed by atoms with Crippen molar-refractivity contribution in [1.82, 2.24) is 9.80 Å². The molecule has 0 aromatic heterocycles. The van der Waals surface area contributed by atoms with E-state index in [9.17, 15) is 19.5 Å². The van der Waals surface area contributed by atoms with Crippen LogP contribution in [-0.4, -0.2) is 81.7 Å². The molecule has 0 saturated carbocycles. The van der Waals surface area contributed by atoms with Crippen LogP contribution < -0.4 is 4.90 Å². The molecule has 0 radical (unpaired) electrons. The zero-order valence-electron chi connectivity index (χ0n) is 24.6. The molecule has 0 aliphatic carbocycles. The maximum absolute atomic E-state index is 14.5. The van der Waals surface area contributed by atoms with Gasteiger partial charge in [0.25, 0.3) is 0 Å². The number of hydrogen-bond donors (Lipinski definition) is 1. The summed E-state index contributed by atoms with van der Waals surface area (Å²) in [4.78, 5) is 48.3. The number of anilines is 1. The van der Waals surface area contributed by atoms with Crippen molar-refractivity contribution in [2.24, 2.45) is 17.8 Å². The molecule has 3 aliphatic rings. The minimum absolute atomic E-state index is 0.0603. The van der Waals surface area contributed by atoms with Crippen LogP contribution >= 0.6 is 0 Å². The fourth-order valence-electron chi connectivity index (χ4n) is 7.03. The Balaban J connectivity index is 1.83. The number of aliphatic hydroxyl groups excluding tert-OH is 1. The molecule has 1 N–H and O–H groups in total. The lowest BCUT2D eigenvalue weighted by molar-refractivity contribution is -0.155. The predicted octanol–water partition coefficient (Wildman–Crippen LogP) is 3.80. The number of fused-ring (bicyclic) bond motifs is 1. The molecule has 1 aromatic carbocycles. The summed E-state index contributed by atoms with van der Waals surface area (Å²) in [6, 6.07) is 7.83. The summed E-state index contributed by atoms with van der Waals surface area (Å²) in [5.74, 6) is -2.32. The maximum atomic E-state index is 14.5. The van der Waals surface area contributed by atoms with Crippen LogP contribution in [0.2, 0.25) is 0 Å². The monoisotopic (exact) mass is 551 g/mol. The first-order valence-electron chi connectivity index (χ1n) is 14.5. The summed E-state index contributed by atoms with van der Waals surface area (Å²) in [5, 5.41) is 10.6. The van der Waals surface area contributed by atoms with Gasteiger partial charge in [-0.15, -0.1) is 13.2 Å². The number of amides is 3. The van der Waals surface area contributed by atoms with Gasteiger partial charge in [0.05, 0.1) is 30.6 Å². The van der Waals surface area contributed by atoms with E-state index in [-0.39, 0.29) is 36.8 Å². The minimum atomic E-state index is -1.14. The molecule has 2 unspecified atom stereocenters. The van der Waals surface area contributed by atoms with Crippen LogP contribution in [0.4, 0.5) is 5.69 Å². The number of carbonyl (C=O) groups is 3. The van der Waals surface area contributed by atoms with Crippen molar-refractivity contribution in [3.63, 3.8) is 0 Å². The summed E-state index contributed by atoms with van der Waals surface area (Å²) in [6.07, 6.45) is 4.69. The number of para-hydroxylation sites is 1. The first-order chi connectivity index (χ1) is 19.0. The zero-order chi connectivity index (χ0) is 29.4. The summed E-state index contributed by atoms with van der Waals surface area (Å²) in [6.45, 7) is 17.9. The number of benzene rings is 1. The smallest absolute Gasteiger partial charge is 0.249 e. The summed E-state index contributed by atoms with van der Waals surface area (Å²) in [5.41, 5.74) is -0.960. The molecule has 3 saturated heterocycles. The first kappa shape index (κ1) is 30.0. The van der Waals surface area contributed by atoms with E-state index in [4.69, 9.17) is 4.74 Å². The molecule has 4 rings (SSSR count). The number of aliphatic hydroxyl groups is 1. The van der Waals surface area contributed by atoms with Gasteiger partial charge in [0.2, 0.25) is 17.7 Å². The van der Waals surface area contributed by atoms with Crippen LogP contribution in [0.1, 0.15) is 53.9 Å². The lowest BCUT2D eigenvalue weighted by Crippen LogP contribution is -2.62. The van der Waals surface area contributed by atoms with Crippen LogP contribution in [0, 0.1) is 17.8 Å². The van der Waals surface area contributed by atoms with Crippen LogP contribution in [0.15, 0.2) is 55.6 Å². The zero-order valence-corrected chi connectivity index (χ0v) is 24.6. The molecule has 8 heteroatoms. The average Bonchev–Trinajstić information content (AvgIpc) is 3.57. The lowest BCUT2D eigenvalue weighted by atomic mass is 9.70. The van der Waals surface area contributed by atoms with Crippen LogP contribution in [0.3, 0.4) is 0 Å². The third-order valence-corrected chi connectivity index (χ3v) is 9.14. The second kappa shape index (κ2) is 11.5. The molecule has 3 heterocycles. The second-order valence-electron chi connectivity index (χ2n) is 12.4. The summed E-state index contributed by atoms with van der Waals surface area (Å²) in [7, 11) is 0. The normalized spacial score (nSPS) is 28.6. The Kier molecular flexibility index (Phi) is 8.62. The molecule has 3 amide bonds. The number of ether oxygens (including phenoxy) is 1. The molecular formula is C32H45N3O5. The van der Waals surface area contributed by atoms with Crippen molar-refractivity contribution >= 4 is 23.4 Å². The molecular weight excluding hydrogens is 506 g/mol. The van der Waals surface area contributed by atoms with Gasteiger partial charge >= 0.3 is 0 Å². The Morgan fingerprint density at radius 3 is 2.38 bits per heavy atom. The molecule has 7 atom stereocenters. The molecule has 8 nitrogen and oxygen atoms in total. The second-order valence-corrected chi connectivity index (χ2v) is 12.4. The van der Waals surface area contributed by atoms with Crippen molar-refractivity contribution in [3.05, 3.63) is 55.6 Å².